The summed E-state index contributed by atoms with van der Waals surface area (Å²) in [7, 11) is 0. The van der Waals surface area contributed by atoms with Crippen molar-refractivity contribution in [3.8, 4) is 11.5 Å². The topological polar surface area (TPSA) is 89.0 Å². The molecule has 3 rings (SSSR count). The van der Waals surface area contributed by atoms with E-state index in [0.717, 1.165) is 11.1 Å². The monoisotopic (exact) mass is 513 g/mol. The van der Waals surface area contributed by atoms with E-state index >= 15 is 0 Å². The van der Waals surface area contributed by atoms with Crippen LogP contribution >= 0.6 is 23.2 Å². The van der Waals surface area contributed by atoms with Crippen molar-refractivity contribution in [1.82, 2.24) is 5.43 Å². The number of amides is 2. The van der Waals surface area contributed by atoms with Crippen molar-refractivity contribution in [2.24, 2.45) is 5.10 Å². The minimum atomic E-state index is -0.884. The molecule has 35 heavy (non-hydrogen) atoms. The molecular weight excluding hydrogens is 489 g/mol. The van der Waals surface area contributed by atoms with Crippen molar-refractivity contribution < 1.29 is 19.1 Å². The summed E-state index contributed by atoms with van der Waals surface area (Å²) in [4.78, 5) is 24.4. The first kappa shape index (κ1) is 26.1. The molecule has 0 fully saturated rings. The maximum Gasteiger partial charge on any atom is 0.329 e. The third kappa shape index (κ3) is 6.97. The van der Waals surface area contributed by atoms with Gasteiger partial charge in [0.1, 0.15) is 6.61 Å². The highest BCUT2D eigenvalue weighted by atomic mass is 35.5. The van der Waals surface area contributed by atoms with Gasteiger partial charge in [0.2, 0.25) is 0 Å². The summed E-state index contributed by atoms with van der Waals surface area (Å²) in [5, 5.41) is 7.52. The molecule has 0 spiro atoms. The summed E-state index contributed by atoms with van der Waals surface area (Å²) >= 11 is 12.4. The van der Waals surface area contributed by atoms with Crippen LogP contribution in [0, 0.1) is 13.8 Å². The van der Waals surface area contributed by atoms with Gasteiger partial charge >= 0.3 is 11.8 Å². The Morgan fingerprint density at radius 1 is 0.914 bits per heavy atom. The fraction of sp³-hybridized carbons (Fsp3) is 0.192. The summed E-state index contributed by atoms with van der Waals surface area (Å²) < 4.78 is 11.6. The minimum Gasteiger partial charge on any atom is -0.490 e. The molecule has 0 atom stereocenters. The second-order valence-electron chi connectivity index (χ2n) is 7.55. The van der Waals surface area contributed by atoms with E-state index in [1.54, 1.807) is 36.4 Å². The first-order valence-corrected chi connectivity index (χ1v) is 11.6. The predicted octanol–water partition coefficient (Wildman–Crippen LogP) is 5.68. The predicted molar refractivity (Wildman–Crippen MR) is 139 cm³/mol. The Labute approximate surface area is 214 Å². The fourth-order valence-corrected chi connectivity index (χ4v) is 3.72. The van der Waals surface area contributed by atoms with Crippen molar-refractivity contribution in [3.05, 3.63) is 86.9 Å². The molecular formula is C26H25Cl2N3O4. The van der Waals surface area contributed by atoms with E-state index < -0.39 is 11.8 Å². The molecule has 2 amide bonds. The van der Waals surface area contributed by atoms with Gasteiger partial charge in [-0.05, 0) is 67.8 Å². The van der Waals surface area contributed by atoms with Gasteiger partial charge in [0.25, 0.3) is 0 Å². The highest BCUT2D eigenvalue weighted by Crippen LogP contribution is 2.31. The van der Waals surface area contributed by atoms with Crippen LogP contribution in [0.1, 0.15) is 29.2 Å². The van der Waals surface area contributed by atoms with Crippen molar-refractivity contribution >= 4 is 46.9 Å². The highest BCUT2D eigenvalue weighted by Gasteiger charge is 2.15. The molecule has 0 aliphatic heterocycles. The van der Waals surface area contributed by atoms with E-state index in [4.69, 9.17) is 32.7 Å². The molecule has 2 N–H and O–H groups in total. The number of ether oxygens (including phenoxy) is 2. The van der Waals surface area contributed by atoms with E-state index in [-0.39, 0.29) is 6.61 Å². The number of anilines is 1. The van der Waals surface area contributed by atoms with Crippen LogP contribution in [0.15, 0.2) is 59.7 Å². The number of nitrogens with zero attached hydrogens (tertiary/aromatic N) is 1. The number of hydrogen-bond donors (Lipinski definition) is 2. The number of halogens is 2. The van der Waals surface area contributed by atoms with Gasteiger partial charge in [-0.25, -0.2) is 5.43 Å². The highest BCUT2D eigenvalue weighted by molar-refractivity contribution is 6.39. The van der Waals surface area contributed by atoms with E-state index in [9.17, 15) is 9.59 Å². The van der Waals surface area contributed by atoms with Gasteiger partial charge < -0.3 is 14.8 Å². The number of aryl methyl sites for hydroxylation is 2. The number of hydrogen-bond acceptors (Lipinski definition) is 5. The lowest BCUT2D eigenvalue weighted by atomic mass is 10.1. The molecule has 0 bridgehead atoms. The number of nitrogens with one attached hydrogen (secondary N) is 2. The lowest BCUT2D eigenvalue weighted by Gasteiger charge is -2.14. The van der Waals surface area contributed by atoms with Crippen LogP contribution in [0.25, 0.3) is 0 Å². The largest absolute Gasteiger partial charge is 0.490 e. The SMILES string of the molecule is CCOc1cc(/C=N\NC(=O)C(=O)Nc2c(C)cccc2C)ccc1OCc1c(Cl)cccc1Cl. The van der Waals surface area contributed by atoms with Gasteiger partial charge in [0.15, 0.2) is 11.5 Å². The Bertz CT molecular complexity index is 1220. The Morgan fingerprint density at radius 3 is 2.23 bits per heavy atom. The molecule has 0 saturated heterocycles. The fourth-order valence-electron chi connectivity index (χ4n) is 3.21. The summed E-state index contributed by atoms with van der Waals surface area (Å²) in [6.07, 6.45) is 1.40. The van der Waals surface area contributed by atoms with Crippen molar-refractivity contribution in [2.45, 2.75) is 27.4 Å². The average molecular weight is 514 g/mol. The first-order chi connectivity index (χ1) is 16.8. The van der Waals surface area contributed by atoms with Crippen LogP contribution in [0.4, 0.5) is 5.69 Å². The smallest absolute Gasteiger partial charge is 0.329 e. The second-order valence-corrected chi connectivity index (χ2v) is 8.36. The lowest BCUT2D eigenvalue weighted by molar-refractivity contribution is -0.136. The number of carbonyl (C=O) groups is 2. The normalized spacial score (nSPS) is 10.8. The molecule has 0 aliphatic carbocycles. The molecule has 9 heteroatoms. The van der Waals surface area contributed by atoms with Crippen molar-refractivity contribution in [1.29, 1.82) is 0 Å². The van der Waals surface area contributed by atoms with Crippen LogP contribution in [-0.4, -0.2) is 24.6 Å². The average Bonchev–Trinajstić information content (AvgIpc) is 2.82. The Morgan fingerprint density at radius 2 is 1.57 bits per heavy atom. The zero-order valence-corrected chi connectivity index (χ0v) is 21.0. The Hall–Kier alpha value is -3.55. The van der Waals surface area contributed by atoms with E-state index in [0.29, 0.717) is 45.0 Å². The van der Waals surface area contributed by atoms with Crippen molar-refractivity contribution in [2.75, 3.05) is 11.9 Å². The van der Waals surface area contributed by atoms with Crippen molar-refractivity contribution in [3.63, 3.8) is 0 Å². The van der Waals surface area contributed by atoms with Gasteiger partial charge in [-0.2, -0.15) is 5.10 Å². The molecule has 0 heterocycles. The standard InChI is InChI=1S/C26H25Cl2N3O4/c1-4-34-23-13-18(11-12-22(23)35-15-19-20(27)9-6-10-21(19)28)14-29-31-26(33)25(32)30-24-16(2)7-5-8-17(24)3/h5-14H,4,15H2,1-3H3,(H,30,32)(H,31,33)/b29-14-. The van der Waals surface area contributed by atoms with E-state index in [1.165, 1.54) is 6.21 Å². The van der Waals surface area contributed by atoms with E-state index in [1.807, 2.05) is 39.0 Å². The molecule has 0 aromatic heterocycles. The molecule has 0 saturated carbocycles. The number of rotatable bonds is 8. The summed E-state index contributed by atoms with van der Waals surface area (Å²) in [5.74, 6) is -0.710. The summed E-state index contributed by atoms with van der Waals surface area (Å²) in [6, 6.07) is 16.0. The quantitative estimate of drug-likeness (QED) is 0.230. The van der Waals surface area contributed by atoms with Gasteiger partial charge in [-0.3, -0.25) is 9.59 Å². The number of benzene rings is 3. The van der Waals surface area contributed by atoms with Gasteiger partial charge in [-0.1, -0.05) is 47.5 Å². The zero-order valence-electron chi connectivity index (χ0n) is 19.5. The third-order valence-corrected chi connectivity index (χ3v) is 5.72. The zero-order chi connectivity index (χ0) is 25.4. The second kappa shape index (κ2) is 12.2. The minimum absolute atomic E-state index is 0.164. The lowest BCUT2D eigenvalue weighted by Crippen LogP contribution is -2.32. The molecule has 0 radical (unpaired) electrons. The Balaban J connectivity index is 1.64. The third-order valence-electron chi connectivity index (χ3n) is 5.01. The summed E-state index contributed by atoms with van der Waals surface area (Å²) in [6.45, 7) is 6.14. The van der Waals surface area contributed by atoms with Crippen LogP contribution in [0.2, 0.25) is 10.0 Å². The Kier molecular flexibility index (Phi) is 9.11. The molecule has 0 aliphatic rings. The van der Waals surface area contributed by atoms with Crippen LogP contribution < -0.4 is 20.2 Å². The van der Waals surface area contributed by atoms with Crippen LogP contribution in [0.5, 0.6) is 11.5 Å². The summed E-state index contributed by atoms with van der Waals surface area (Å²) in [5.41, 5.74) is 5.86. The van der Waals surface area contributed by atoms with Gasteiger partial charge in [0.05, 0.1) is 12.8 Å². The van der Waals surface area contributed by atoms with Gasteiger partial charge in [0, 0.05) is 21.3 Å². The molecule has 182 valence electrons. The van der Waals surface area contributed by atoms with Gasteiger partial charge in [-0.15, -0.1) is 0 Å². The number of hydrazone groups is 1. The van der Waals surface area contributed by atoms with Crippen LogP contribution in [0.3, 0.4) is 0 Å². The van der Waals surface area contributed by atoms with Crippen LogP contribution in [-0.2, 0) is 16.2 Å². The first-order valence-electron chi connectivity index (χ1n) is 10.8. The number of carbonyl (C=O) groups excluding carboxylic acids is 2. The maximum atomic E-state index is 12.2. The number of para-hydroxylation sites is 1. The maximum absolute atomic E-state index is 12.2. The molecule has 0 unspecified atom stereocenters. The molecule has 3 aromatic carbocycles. The molecule has 3 aromatic rings. The molecule has 7 nitrogen and oxygen atoms in total. The van der Waals surface area contributed by atoms with E-state index in [2.05, 4.69) is 15.8 Å².